The minimum absolute atomic E-state index is 0.221. The molecule has 0 aromatic rings. The molecule has 12 atom stereocenters. The van der Waals surface area contributed by atoms with Gasteiger partial charge >= 0.3 is 0 Å². The summed E-state index contributed by atoms with van der Waals surface area (Å²) < 4.78 is 22.7. The standard InChI is InChI=1S/C61H99NO13/c1-3-5-7-9-11-13-15-17-19-21-22-23-24-25-26-27-28-29-31-33-35-37-39-41-43-45-53(66)62-49(50(65)44-42-40-38-36-34-32-30-20-18-16-14-12-10-8-6-4-2)48-72-60-58(71)56(69)59(52(47-64)74-60)75-61-57(70)55(68)54(67)51(46-63)73-61/h5,7,11,13,17-20,22-23,25-26,28-29,33-36,42,44,49-52,54-61,63-65,67-71H,3-4,6,8-10,12,14-16,21,24,27,30-32,37-41,43,45-48H2,1-2H3,(H,62,66)/b7-5-,13-11-,19-17-,20-18+,23-22-,26-25-,29-28-,35-33-,36-34+,44-42+. The van der Waals surface area contributed by atoms with Crippen molar-refractivity contribution in [2.75, 3.05) is 19.8 Å². The highest BCUT2D eigenvalue weighted by Crippen LogP contribution is 2.30. The molecule has 12 unspecified atom stereocenters. The second kappa shape index (κ2) is 45.4. The van der Waals surface area contributed by atoms with Crippen molar-refractivity contribution < 1.29 is 64.6 Å². The van der Waals surface area contributed by atoms with Gasteiger partial charge in [0, 0.05) is 6.42 Å². The first-order valence-electron chi connectivity index (χ1n) is 28.3. The molecule has 2 aliphatic rings. The van der Waals surface area contributed by atoms with Gasteiger partial charge in [-0.3, -0.25) is 4.79 Å². The molecule has 14 nitrogen and oxygen atoms in total. The summed E-state index contributed by atoms with van der Waals surface area (Å²) in [6.07, 6.45) is 48.0. The van der Waals surface area contributed by atoms with Crippen LogP contribution in [0.1, 0.15) is 162 Å². The van der Waals surface area contributed by atoms with Crippen LogP contribution >= 0.6 is 0 Å². The Kier molecular flexibility index (Phi) is 40.9. The van der Waals surface area contributed by atoms with Crippen molar-refractivity contribution in [2.45, 2.75) is 235 Å². The number of unbranched alkanes of at least 4 members (excludes halogenated alkanes) is 11. The van der Waals surface area contributed by atoms with Crippen molar-refractivity contribution in [1.29, 1.82) is 0 Å². The number of hydrogen-bond donors (Lipinski definition) is 9. The number of allylic oxidation sites excluding steroid dienone is 19. The normalized spacial score (nSPS) is 26.0. The first-order valence-corrected chi connectivity index (χ1v) is 28.3. The average molecular weight is 1050 g/mol. The van der Waals surface area contributed by atoms with Crippen LogP contribution in [0.15, 0.2) is 122 Å². The molecule has 9 N–H and O–H groups in total. The van der Waals surface area contributed by atoms with Gasteiger partial charge in [0.2, 0.25) is 5.91 Å². The zero-order chi connectivity index (χ0) is 54.6. The summed E-state index contributed by atoms with van der Waals surface area (Å²) in [7, 11) is 0. The molecule has 0 aromatic carbocycles. The lowest BCUT2D eigenvalue weighted by molar-refractivity contribution is -0.359. The van der Waals surface area contributed by atoms with Crippen LogP contribution in [0.2, 0.25) is 0 Å². The lowest BCUT2D eigenvalue weighted by Crippen LogP contribution is -2.65. The fourth-order valence-corrected chi connectivity index (χ4v) is 8.30. The third-order valence-corrected chi connectivity index (χ3v) is 12.9. The van der Waals surface area contributed by atoms with E-state index in [9.17, 15) is 45.6 Å². The van der Waals surface area contributed by atoms with E-state index in [0.717, 1.165) is 89.9 Å². The number of amides is 1. The Labute approximate surface area is 450 Å². The van der Waals surface area contributed by atoms with Crippen molar-refractivity contribution in [3.63, 3.8) is 0 Å². The number of rotatable bonds is 42. The van der Waals surface area contributed by atoms with Gasteiger partial charge in [0.15, 0.2) is 12.6 Å². The van der Waals surface area contributed by atoms with Crippen LogP contribution < -0.4 is 5.32 Å². The van der Waals surface area contributed by atoms with Gasteiger partial charge in [-0.05, 0) is 103 Å². The smallest absolute Gasteiger partial charge is 0.220 e. The second-order valence-electron chi connectivity index (χ2n) is 19.3. The van der Waals surface area contributed by atoms with E-state index in [1.165, 1.54) is 38.5 Å². The molecule has 0 aromatic heterocycles. The van der Waals surface area contributed by atoms with Crippen molar-refractivity contribution in [3.05, 3.63) is 122 Å². The molecule has 0 saturated carbocycles. The number of aliphatic hydroxyl groups excluding tert-OH is 8. The average Bonchev–Trinajstić information content (AvgIpc) is 3.41. The summed E-state index contributed by atoms with van der Waals surface area (Å²) in [5.41, 5.74) is 0. The molecule has 14 heteroatoms. The van der Waals surface area contributed by atoms with E-state index >= 15 is 0 Å². The maximum absolute atomic E-state index is 13.2. The molecule has 0 bridgehead atoms. The van der Waals surface area contributed by atoms with Crippen LogP contribution in [0.3, 0.4) is 0 Å². The number of nitrogens with one attached hydrogen (secondary N) is 1. The van der Waals surface area contributed by atoms with Gasteiger partial charge in [-0.1, -0.05) is 174 Å². The summed E-state index contributed by atoms with van der Waals surface area (Å²) in [5, 5.41) is 86.9. The minimum Gasteiger partial charge on any atom is -0.394 e. The highest BCUT2D eigenvalue weighted by atomic mass is 16.7. The fraction of sp³-hybridized carbons (Fsp3) is 0.656. The maximum atomic E-state index is 13.2. The number of aliphatic hydroxyl groups is 8. The van der Waals surface area contributed by atoms with Crippen LogP contribution in [-0.2, 0) is 23.7 Å². The number of carbonyl (C=O) groups is 1. The van der Waals surface area contributed by atoms with Crippen LogP contribution in [0.5, 0.6) is 0 Å². The van der Waals surface area contributed by atoms with E-state index in [1.54, 1.807) is 6.08 Å². The third kappa shape index (κ3) is 31.4. The Morgan fingerprint density at radius 1 is 0.493 bits per heavy atom. The lowest BCUT2D eigenvalue weighted by atomic mass is 9.97. The molecule has 75 heavy (non-hydrogen) atoms. The minimum atomic E-state index is -1.80. The molecule has 2 aliphatic heterocycles. The Morgan fingerprint density at radius 2 is 0.933 bits per heavy atom. The van der Waals surface area contributed by atoms with Crippen LogP contribution in [0.25, 0.3) is 0 Å². The zero-order valence-electron chi connectivity index (χ0n) is 45.5. The summed E-state index contributed by atoms with van der Waals surface area (Å²) in [6.45, 7) is 2.59. The molecule has 2 rings (SSSR count). The Balaban J connectivity index is 1.83. The van der Waals surface area contributed by atoms with Crippen LogP contribution in [0.4, 0.5) is 0 Å². The number of ether oxygens (including phenoxy) is 4. The fourth-order valence-electron chi connectivity index (χ4n) is 8.30. The van der Waals surface area contributed by atoms with Crippen molar-refractivity contribution >= 4 is 5.91 Å². The molecular formula is C61H99NO13. The first kappa shape index (κ1) is 67.5. The molecular weight excluding hydrogens is 955 g/mol. The first-order chi connectivity index (χ1) is 36.6. The van der Waals surface area contributed by atoms with Gasteiger partial charge in [-0.15, -0.1) is 0 Å². The van der Waals surface area contributed by atoms with Gasteiger partial charge in [0.1, 0.15) is 48.8 Å². The van der Waals surface area contributed by atoms with E-state index in [1.807, 2.05) is 6.08 Å². The molecule has 0 spiro atoms. The summed E-state index contributed by atoms with van der Waals surface area (Å²) in [5.74, 6) is -0.292. The molecule has 1 amide bonds. The highest BCUT2D eigenvalue weighted by molar-refractivity contribution is 5.76. The summed E-state index contributed by atoms with van der Waals surface area (Å²) in [4.78, 5) is 13.2. The predicted octanol–water partition coefficient (Wildman–Crippen LogP) is 9.05. The summed E-state index contributed by atoms with van der Waals surface area (Å²) in [6, 6.07) is -0.965. The molecule has 0 aliphatic carbocycles. The Hall–Kier alpha value is -3.61. The summed E-state index contributed by atoms with van der Waals surface area (Å²) >= 11 is 0. The molecule has 426 valence electrons. The van der Waals surface area contributed by atoms with E-state index in [4.69, 9.17) is 18.9 Å². The van der Waals surface area contributed by atoms with Crippen molar-refractivity contribution in [1.82, 2.24) is 5.32 Å². The molecule has 2 heterocycles. The largest absolute Gasteiger partial charge is 0.394 e. The quantitative estimate of drug-likeness (QED) is 0.0206. The van der Waals surface area contributed by atoms with E-state index in [0.29, 0.717) is 12.8 Å². The number of carbonyl (C=O) groups excluding carboxylic acids is 1. The van der Waals surface area contributed by atoms with Crippen molar-refractivity contribution in [2.24, 2.45) is 0 Å². The molecule has 2 fully saturated rings. The highest BCUT2D eigenvalue weighted by Gasteiger charge is 2.51. The zero-order valence-corrected chi connectivity index (χ0v) is 45.5. The topological polar surface area (TPSA) is 228 Å². The van der Waals surface area contributed by atoms with Gasteiger partial charge in [-0.25, -0.2) is 0 Å². The predicted molar refractivity (Wildman–Crippen MR) is 299 cm³/mol. The Bertz CT molecular complexity index is 1720. The maximum Gasteiger partial charge on any atom is 0.220 e. The van der Waals surface area contributed by atoms with E-state index in [-0.39, 0.29) is 18.9 Å². The lowest BCUT2D eigenvalue weighted by Gasteiger charge is -2.46. The van der Waals surface area contributed by atoms with Crippen molar-refractivity contribution in [3.8, 4) is 0 Å². The van der Waals surface area contributed by atoms with Gasteiger partial charge in [0.25, 0.3) is 0 Å². The van der Waals surface area contributed by atoms with Gasteiger partial charge in [-0.2, -0.15) is 0 Å². The SMILES string of the molecule is CC/C=C\C/C=C\C/C=C\C/C=C\C/C=C\C/C=C\C/C=C\CCCCCC(=O)NC(COC1OC(CO)C(OC2OC(CO)C(O)C(O)C2O)C(O)C1O)C(O)/C=C/CC/C=C/CC/C=C/CCCCCCCC. The number of hydrogen-bond acceptors (Lipinski definition) is 13. The van der Waals surface area contributed by atoms with E-state index < -0.39 is 86.8 Å². The van der Waals surface area contributed by atoms with E-state index in [2.05, 4.69) is 129 Å². The monoisotopic (exact) mass is 1050 g/mol. The van der Waals surface area contributed by atoms with Crippen LogP contribution in [-0.4, -0.2) is 140 Å². The van der Waals surface area contributed by atoms with Gasteiger partial charge in [0.05, 0.1) is 32.0 Å². The Morgan fingerprint density at radius 3 is 1.47 bits per heavy atom. The molecule has 2 saturated heterocycles. The molecule has 0 radical (unpaired) electrons. The van der Waals surface area contributed by atoms with Gasteiger partial charge < -0.3 is 65.1 Å². The second-order valence-corrected chi connectivity index (χ2v) is 19.3. The third-order valence-electron chi connectivity index (χ3n) is 12.9. The van der Waals surface area contributed by atoms with Crippen LogP contribution in [0, 0.1) is 0 Å².